The van der Waals surface area contributed by atoms with Crippen LogP contribution in [-0.2, 0) is 9.59 Å². The van der Waals surface area contributed by atoms with E-state index in [1.807, 2.05) is 46.4 Å². The van der Waals surface area contributed by atoms with Crippen LogP contribution in [0.4, 0.5) is 5.82 Å². The topological polar surface area (TPSA) is 78.4 Å². The zero-order valence-electron chi connectivity index (χ0n) is 17.5. The largest absolute Gasteiger partial charge is 0.353 e. The summed E-state index contributed by atoms with van der Waals surface area (Å²) < 4.78 is 0. The van der Waals surface area contributed by atoms with Gasteiger partial charge in [0.25, 0.3) is 0 Å². The van der Waals surface area contributed by atoms with Crippen molar-refractivity contribution in [3.05, 3.63) is 11.2 Å². The van der Waals surface area contributed by atoms with Gasteiger partial charge in [0, 0.05) is 43.2 Å². The van der Waals surface area contributed by atoms with E-state index < -0.39 is 5.41 Å². The van der Waals surface area contributed by atoms with Gasteiger partial charge >= 0.3 is 0 Å². The molecule has 156 valence electrons. The Morgan fingerprint density at radius 3 is 2.57 bits per heavy atom. The van der Waals surface area contributed by atoms with Crippen molar-refractivity contribution in [2.24, 2.45) is 5.41 Å². The molecule has 0 radical (unpaired) electrons. The Labute approximate surface area is 176 Å². The number of aromatic nitrogens is 2. The molecular weight excluding hydrogens is 398 g/mol. The van der Waals surface area contributed by atoms with Gasteiger partial charge in [0.2, 0.25) is 11.8 Å². The lowest BCUT2D eigenvalue weighted by atomic mass is 9.93. The number of nitrogens with one attached hydrogen (secondary N) is 1. The average molecular weight is 428 g/mol. The van der Waals surface area contributed by atoms with Crippen LogP contribution in [0, 0.1) is 5.41 Å². The van der Waals surface area contributed by atoms with Gasteiger partial charge in [-0.3, -0.25) is 9.59 Å². The molecule has 2 heterocycles. The van der Waals surface area contributed by atoms with Crippen LogP contribution >= 0.6 is 23.4 Å². The molecule has 1 aliphatic heterocycles. The fourth-order valence-electron chi connectivity index (χ4n) is 3.00. The summed E-state index contributed by atoms with van der Waals surface area (Å²) >= 11 is 7.45. The van der Waals surface area contributed by atoms with Crippen LogP contribution in [0.15, 0.2) is 11.2 Å². The summed E-state index contributed by atoms with van der Waals surface area (Å²) in [5.74, 6) is 1.06. The lowest BCUT2D eigenvalue weighted by Gasteiger charge is -2.42. The van der Waals surface area contributed by atoms with Crippen LogP contribution in [0.2, 0.25) is 5.15 Å². The Morgan fingerprint density at radius 2 is 2.00 bits per heavy atom. The Morgan fingerprint density at radius 1 is 1.32 bits per heavy atom. The van der Waals surface area contributed by atoms with Crippen molar-refractivity contribution in [2.45, 2.75) is 58.8 Å². The average Bonchev–Trinajstić information content (AvgIpc) is 2.57. The summed E-state index contributed by atoms with van der Waals surface area (Å²) in [4.78, 5) is 37.3. The monoisotopic (exact) mass is 427 g/mol. The molecule has 1 N–H and O–H groups in total. The van der Waals surface area contributed by atoms with E-state index in [0.29, 0.717) is 29.9 Å². The predicted molar refractivity (Wildman–Crippen MR) is 114 cm³/mol. The van der Waals surface area contributed by atoms with E-state index in [1.165, 1.54) is 11.8 Å². The van der Waals surface area contributed by atoms with Gasteiger partial charge in [-0.15, -0.1) is 0 Å². The minimum Gasteiger partial charge on any atom is -0.353 e. The maximum absolute atomic E-state index is 12.6. The maximum Gasteiger partial charge on any atom is 0.230 e. The number of nitrogens with zero attached hydrogens (tertiary/aromatic N) is 4. The van der Waals surface area contributed by atoms with Gasteiger partial charge in [0.15, 0.2) is 5.16 Å². The van der Waals surface area contributed by atoms with E-state index in [-0.39, 0.29) is 29.7 Å². The molecule has 0 spiro atoms. The van der Waals surface area contributed by atoms with Crippen molar-refractivity contribution in [3.8, 4) is 0 Å². The normalized spacial score (nSPS) is 17.8. The summed E-state index contributed by atoms with van der Waals surface area (Å²) in [6.07, 6.45) is 0. The fraction of sp³-hybridized carbons (Fsp3) is 0.684. The molecule has 1 aromatic heterocycles. The first-order valence-corrected chi connectivity index (χ1v) is 10.9. The fourth-order valence-corrected chi connectivity index (χ4v) is 3.90. The Kier molecular flexibility index (Phi) is 7.56. The highest BCUT2D eigenvalue weighted by Gasteiger charge is 2.34. The summed E-state index contributed by atoms with van der Waals surface area (Å²) in [7, 11) is 0. The van der Waals surface area contributed by atoms with Gasteiger partial charge < -0.3 is 15.1 Å². The lowest BCUT2D eigenvalue weighted by molar-refractivity contribution is -0.142. The molecule has 28 heavy (non-hydrogen) atoms. The molecule has 0 aliphatic carbocycles. The smallest absolute Gasteiger partial charge is 0.230 e. The molecule has 1 aromatic rings. The van der Waals surface area contributed by atoms with Crippen LogP contribution in [-0.4, -0.2) is 64.2 Å². The number of thioether (sulfide) groups is 1. The summed E-state index contributed by atoms with van der Waals surface area (Å²) in [6, 6.07) is 1.90. The number of hydrogen-bond donors (Lipinski definition) is 1. The molecule has 0 aromatic carbocycles. The van der Waals surface area contributed by atoms with E-state index in [4.69, 9.17) is 11.6 Å². The third-order valence-corrected chi connectivity index (χ3v) is 5.34. The second-order valence-electron chi connectivity index (χ2n) is 8.39. The van der Waals surface area contributed by atoms with Crippen molar-refractivity contribution in [1.29, 1.82) is 0 Å². The standard InChI is InChI=1S/C19H30ClN5O2S/c1-12(2)21-16(26)11-28-18-22-14(20)9-15(23-18)24-7-8-25(13(3)10-24)17(27)19(4,5)6/h9,12-13H,7-8,10-11H2,1-6H3,(H,21,26)/t13-/m0/s1. The van der Waals surface area contributed by atoms with Crippen molar-refractivity contribution >= 4 is 41.0 Å². The first-order valence-electron chi connectivity index (χ1n) is 9.50. The molecule has 9 heteroatoms. The number of rotatable bonds is 5. The Bertz CT molecular complexity index is 723. The minimum atomic E-state index is -0.394. The van der Waals surface area contributed by atoms with E-state index in [0.717, 1.165) is 5.82 Å². The highest BCUT2D eigenvalue weighted by molar-refractivity contribution is 7.99. The van der Waals surface area contributed by atoms with Gasteiger partial charge in [-0.25, -0.2) is 9.97 Å². The van der Waals surface area contributed by atoms with E-state index in [1.54, 1.807) is 6.07 Å². The zero-order chi connectivity index (χ0) is 21.1. The molecule has 1 fully saturated rings. The molecular formula is C19H30ClN5O2S. The maximum atomic E-state index is 12.6. The summed E-state index contributed by atoms with van der Waals surface area (Å²) in [6.45, 7) is 13.7. The van der Waals surface area contributed by atoms with Crippen molar-refractivity contribution in [2.75, 3.05) is 30.3 Å². The van der Waals surface area contributed by atoms with E-state index >= 15 is 0 Å². The van der Waals surface area contributed by atoms with Crippen molar-refractivity contribution in [3.63, 3.8) is 0 Å². The quantitative estimate of drug-likeness (QED) is 0.442. The number of piperazine rings is 1. The van der Waals surface area contributed by atoms with Crippen LogP contribution in [0.3, 0.4) is 0 Å². The third-order valence-electron chi connectivity index (χ3n) is 4.30. The predicted octanol–water partition coefficient (Wildman–Crippen LogP) is 2.83. The zero-order valence-corrected chi connectivity index (χ0v) is 19.0. The molecule has 2 amide bonds. The number of anilines is 1. The molecule has 2 rings (SSSR count). The Hall–Kier alpha value is -1.54. The van der Waals surface area contributed by atoms with Crippen LogP contribution < -0.4 is 10.2 Å². The van der Waals surface area contributed by atoms with Gasteiger partial charge in [-0.1, -0.05) is 44.1 Å². The SMILES string of the molecule is CC(C)NC(=O)CSc1nc(Cl)cc(N2CCN(C(=O)C(C)(C)C)[C@@H](C)C2)n1. The third kappa shape index (κ3) is 6.24. The first kappa shape index (κ1) is 22.7. The highest BCUT2D eigenvalue weighted by atomic mass is 35.5. The summed E-state index contributed by atoms with van der Waals surface area (Å²) in [5.41, 5.74) is -0.394. The van der Waals surface area contributed by atoms with Crippen LogP contribution in [0.5, 0.6) is 0 Å². The molecule has 1 aliphatic rings. The van der Waals surface area contributed by atoms with Gasteiger partial charge in [-0.2, -0.15) is 0 Å². The Balaban J connectivity index is 2.05. The van der Waals surface area contributed by atoms with Crippen molar-refractivity contribution in [1.82, 2.24) is 20.2 Å². The molecule has 0 bridgehead atoms. The lowest BCUT2D eigenvalue weighted by Crippen LogP contribution is -2.56. The molecule has 7 nitrogen and oxygen atoms in total. The second-order valence-corrected chi connectivity index (χ2v) is 9.72. The number of hydrogen-bond acceptors (Lipinski definition) is 6. The van der Waals surface area contributed by atoms with Gasteiger partial charge in [0.1, 0.15) is 11.0 Å². The van der Waals surface area contributed by atoms with Gasteiger partial charge in [-0.05, 0) is 20.8 Å². The molecule has 0 saturated carbocycles. The van der Waals surface area contributed by atoms with Crippen LogP contribution in [0.1, 0.15) is 41.5 Å². The second kappa shape index (κ2) is 9.31. The van der Waals surface area contributed by atoms with Crippen LogP contribution in [0.25, 0.3) is 0 Å². The number of carbonyl (C=O) groups excluding carboxylic acids is 2. The number of halogens is 1. The van der Waals surface area contributed by atoms with Crippen molar-refractivity contribution < 1.29 is 9.59 Å². The molecule has 0 unspecified atom stereocenters. The highest BCUT2D eigenvalue weighted by Crippen LogP contribution is 2.26. The summed E-state index contributed by atoms with van der Waals surface area (Å²) in [5, 5.41) is 3.66. The van der Waals surface area contributed by atoms with E-state index in [9.17, 15) is 9.59 Å². The number of amides is 2. The number of carbonyl (C=O) groups is 2. The molecule has 1 saturated heterocycles. The van der Waals surface area contributed by atoms with E-state index in [2.05, 4.69) is 20.2 Å². The molecule has 1 atom stereocenters. The minimum absolute atomic E-state index is 0.0620. The van der Waals surface area contributed by atoms with Gasteiger partial charge in [0.05, 0.1) is 5.75 Å². The first-order chi connectivity index (χ1) is 13.0.